The summed E-state index contributed by atoms with van der Waals surface area (Å²) in [5.74, 6) is 3.17. The van der Waals surface area contributed by atoms with Crippen molar-refractivity contribution in [1.29, 1.82) is 0 Å². The number of hydrogen-bond acceptors (Lipinski definition) is 4. The molecule has 4 heteroatoms. The van der Waals surface area contributed by atoms with Crippen LogP contribution >= 0.6 is 0 Å². The molecule has 0 radical (unpaired) electrons. The number of rotatable bonds is 19. The van der Waals surface area contributed by atoms with Gasteiger partial charge in [-0.3, -0.25) is 0 Å². The van der Waals surface area contributed by atoms with Gasteiger partial charge in [0.15, 0.2) is 11.5 Å². The summed E-state index contributed by atoms with van der Waals surface area (Å²) in [4.78, 5) is 0. The van der Waals surface area contributed by atoms with E-state index in [0.717, 1.165) is 70.2 Å². The molecule has 0 saturated carbocycles. The van der Waals surface area contributed by atoms with E-state index in [2.05, 4.69) is 123 Å². The van der Waals surface area contributed by atoms with Gasteiger partial charge in [0, 0.05) is 27.3 Å². The molecular formula is C60H58O4. The molecule has 11 aromatic carbocycles. The number of benzene rings is 11. The van der Waals surface area contributed by atoms with E-state index in [4.69, 9.17) is 18.9 Å². The minimum Gasteiger partial charge on any atom is -0.493 e. The molecule has 0 bridgehead atoms. The van der Waals surface area contributed by atoms with Crippen molar-refractivity contribution in [1.82, 2.24) is 0 Å². The molecule has 322 valence electrons. The second kappa shape index (κ2) is 17.0. The third kappa shape index (κ3) is 6.31. The first-order valence-corrected chi connectivity index (χ1v) is 24.1. The fraction of sp³-hybridized carbons (Fsp3) is 0.300. The summed E-state index contributed by atoms with van der Waals surface area (Å²) in [6, 6.07) is 40.8. The Morgan fingerprint density at radius 1 is 0.328 bits per heavy atom. The lowest BCUT2D eigenvalue weighted by Crippen LogP contribution is -2.06. The predicted molar refractivity (Wildman–Crippen MR) is 274 cm³/mol. The van der Waals surface area contributed by atoms with Crippen molar-refractivity contribution in [2.75, 3.05) is 27.4 Å². The normalized spacial score (nSPS) is 12.3. The van der Waals surface area contributed by atoms with Crippen molar-refractivity contribution in [2.24, 2.45) is 0 Å². The van der Waals surface area contributed by atoms with Crippen LogP contribution in [0.15, 0.2) is 109 Å². The van der Waals surface area contributed by atoms with Gasteiger partial charge in [-0.25, -0.2) is 0 Å². The molecule has 0 spiro atoms. The topological polar surface area (TPSA) is 36.9 Å². The van der Waals surface area contributed by atoms with Gasteiger partial charge < -0.3 is 18.9 Å². The van der Waals surface area contributed by atoms with Gasteiger partial charge in [0.1, 0.15) is 11.5 Å². The van der Waals surface area contributed by atoms with Crippen molar-refractivity contribution < 1.29 is 18.9 Å². The lowest BCUT2D eigenvalue weighted by Gasteiger charge is -2.27. The highest BCUT2D eigenvalue weighted by molar-refractivity contribution is 6.44. The Morgan fingerprint density at radius 2 is 0.828 bits per heavy atom. The van der Waals surface area contributed by atoms with E-state index in [1.165, 1.54) is 132 Å². The van der Waals surface area contributed by atoms with E-state index in [0.29, 0.717) is 19.0 Å². The largest absolute Gasteiger partial charge is 0.493 e. The molecule has 0 aromatic heterocycles. The monoisotopic (exact) mass is 842 g/mol. The van der Waals surface area contributed by atoms with Crippen molar-refractivity contribution in [3.8, 4) is 34.1 Å². The average Bonchev–Trinajstić information content (AvgIpc) is 3.33. The summed E-state index contributed by atoms with van der Waals surface area (Å²) in [5.41, 5.74) is 2.13. The number of ether oxygens (including phenoxy) is 4. The maximum Gasteiger partial charge on any atom is 0.172 e. The Bertz CT molecular complexity index is 3450. The number of unbranched alkanes of at least 4 members (excludes halogenated alkanes) is 10. The molecule has 0 fully saturated rings. The van der Waals surface area contributed by atoms with Gasteiger partial charge in [0.2, 0.25) is 0 Å². The number of methoxy groups -OCH3 is 2. The van der Waals surface area contributed by atoms with Crippen LogP contribution in [0, 0.1) is 0 Å². The van der Waals surface area contributed by atoms with Crippen molar-refractivity contribution in [3.63, 3.8) is 0 Å². The quantitative estimate of drug-likeness (QED) is 0.0462. The standard InChI is InChI=1S/C60H58O4/c1-5-7-9-11-13-15-34-63-48-36-47-43-27-18-23-37-22-17-25-39(49(37)43)41-28-20-30-44(51(41)47)53(48)55-45-31-21-29-42-40-26-19-24-38-32-33-46-54(50(38)40)56(52(42)45)57(60(62-4)58(46)61-3)59(55)64-35-16-14-12-10-8-6-2/h17-33,36H,5-16,34-35H2,1-4H3. The molecular weight excluding hydrogens is 785 g/mol. The third-order valence-electron chi connectivity index (χ3n) is 14.3. The zero-order valence-electron chi connectivity index (χ0n) is 37.9. The maximum absolute atomic E-state index is 7.44. The first kappa shape index (κ1) is 40.5. The second-order valence-electron chi connectivity index (χ2n) is 18.1. The highest BCUT2D eigenvalue weighted by Crippen LogP contribution is 2.60. The summed E-state index contributed by atoms with van der Waals surface area (Å²) in [5, 5.41) is 21.7. The SMILES string of the molecule is CCCCCCCCOc1cc2c3cccc4cccc(c5cccc(c1-c1c(OCCCCCCCC)c6c(OC)c(OC)c7ccc8cccc9c%10cccc1c%10c6c7c89)c52)c43. The first-order valence-electron chi connectivity index (χ1n) is 24.1. The first-order chi connectivity index (χ1) is 31.7. The smallest absolute Gasteiger partial charge is 0.172 e. The molecule has 11 aromatic rings. The van der Waals surface area contributed by atoms with Crippen LogP contribution in [0.5, 0.6) is 23.0 Å². The van der Waals surface area contributed by atoms with Crippen LogP contribution in [-0.4, -0.2) is 27.4 Å². The van der Waals surface area contributed by atoms with Gasteiger partial charge in [0.05, 0.1) is 32.8 Å². The van der Waals surface area contributed by atoms with E-state index >= 15 is 0 Å². The molecule has 0 heterocycles. The Labute approximate surface area is 376 Å². The Balaban J connectivity index is 1.27. The van der Waals surface area contributed by atoms with Crippen LogP contribution in [-0.2, 0) is 0 Å². The van der Waals surface area contributed by atoms with Crippen molar-refractivity contribution in [3.05, 3.63) is 109 Å². The van der Waals surface area contributed by atoms with E-state index in [1.807, 2.05) is 0 Å². The molecule has 0 aliphatic rings. The van der Waals surface area contributed by atoms with Crippen LogP contribution in [0.3, 0.4) is 0 Å². The fourth-order valence-corrected chi connectivity index (χ4v) is 11.5. The summed E-state index contributed by atoms with van der Waals surface area (Å²) in [6.07, 6.45) is 14.2. The minimum absolute atomic E-state index is 0.592. The summed E-state index contributed by atoms with van der Waals surface area (Å²) in [7, 11) is 3.55. The molecule has 4 nitrogen and oxygen atoms in total. The second-order valence-corrected chi connectivity index (χ2v) is 18.1. The molecule has 0 aliphatic heterocycles. The predicted octanol–water partition coefficient (Wildman–Crippen LogP) is 17.5. The lowest BCUT2D eigenvalue weighted by atomic mass is 9.80. The summed E-state index contributed by atoms with van der Waals surface area (Å²) < 4.78 is 27.7. The fourth-order valence-electron chi connectivity index (χ4n) is 11.5. The van der Waals surface area contributed by atoms with E-state index in [-0.39, 0.29) is 0 Å². The van der Waals surface area contributed by atoms with E-state index < -0.39 is 0 Å². The molecule has 0 unspecified atom stereocenters. The molecule has 0 atom stereocenters. The highest BCUT2D eigenvalue weighted by atomic mass is 16.5. The summed E-state index contributed by atoms with van der Waals surface area (Å²) >= 11 is 0. The van der Waals surface area contributed by atoms with Crippen LogP contribution in [0.25, 0.3) is 108 Å². The zero-order valence-corrected chi connectivity index (χ0v) is 37.9. The van der Waals surface area contributed by atoms with Gasteiger partial charge in [-0.05, 0) is 100 Å². The molecule has 0 amide bonds. The minimum atomic E-state index is 0.592. The van der Waals surface area contributed by atoms with Crippen molar-refractivity contribution in [2.45, 2.75) is 90.9 Å². The van der Waals surface area contributed by atoms with Gasteiger partial charge in [-0.1, -0.05) is 175 Å². The number of fused-ring (bicyclic) bond motifs is 3. The van der Waals surface area contributed by atoms with E-state index in [9.17, 15) is 0 Å². The molecule has 64 heavy (non-hydrogen) atoms. The van der Waals surface area contributed by atoms with Crippen LogP contribution < -0.4 is 18.9 Å². The Kier molecular flexibility index (Phi) is 10.8. The Hall–Kier alpha value is -6.26. The van der Waals surface area contributed by atoms with E-state index in [1.54, 1.807) is 14.2 Å². The lowest BCUT2D eigenvalue weighted by molar-refractivity contribution is 0.302. The molecule has 11 rings (SSSR count). The third-order valence-corrected chi connectivity index (χ3v) is 14.3. The average molecular weight is 843 g/mol. The van der Waals surface area contributed by atoms with Crippen LogP contribution in [0.2, 0.25) is 0 Å². The van der Waals surface area contributed by atoms with Gasteiger partial charge in [-0.2, -0.15) is 0 Å². The summed E-state index contributed by atoms with van der Waals surface area (Å²) in [6.45, 7) is 5.79. The van der Waals surface area contributed by atoms with Gasteiger partial charge >= 0.3 is 0 Å². The zero-order chi connectivity index (χ0) is 43.3. The van der Waals surface area contributed by atoms with Gasteiger partial charge in [-0.15, -0.1) is 0 Å². The Morgan fingerprint density at radius 3 is 1.47 bits per heavy atom. The molecule has 0 aliphatic carbocycles. The van der Waals surface area contributed by atoms with Crippen molar-refractivity contribution >= 4 is 97.0 Å². The van der Waals surface area contributed by atoms with Crippen LogP contribution in [0.4, 0.5) is 0 Å². The highest BCUT2D eigenvalue weighted by Gasteiger charge is 2.32. The maximum atomic E-state index is 7.44. The molecule has 0 saturated heterocycles. The van der Waals surface area contributed by atoms with Crippen LogP contribution in [0.1, 0.15) is 90.9 Å². The number of hydrogen-bond donors (Lipinski definition) is 0. The molecule has 0 N–H and O–H groups in total. The van der Waals surface area contributed by atoms with Gasteiger partial charge in [0.25, 0.3) is 0 Å².